The molecular formula is C29H27BrN4O6S. The Bertz CT molecular complexity index is 1520. The summed E-state index contributed by atoms with van der Waals surface area (Å²) in [5, 5.41) is 13.3. The molecule has 0 unspecified atom stereocenters. The van der Waals surface area contributed by atoms with Gasteiger partial charge >= 0.3 is 0 Å². The molecule has 3 aromatic carbocycles. The van der Waals surface area contributed by atoms with Gasteiger partial charge in [-0.1, -0.05) is 40.2 Å². The molecule has 0 saturated carbocycles. The minimum Gasteiger partial charge on any atom is -0.483 e. The van der Waals surface area contributed by atoms with Gasteiger partial charge in [0.15, 0.2) is 6.61 Å². The Balaban J connectivity index is 1.56. The summed E-state index contributed by atoms with van der Waals surface area (Å²) in [6.07, 6.45) is 1.59. The van der Waals surface area contributed by atoms with Crippen LogP contribution in [0.3, 0.4) is 0 Å². The Hall–Kier alpha value is -4.16. The van der Waals surface area contributed by atoms with E-state index in [4.69, 9.17) is 4.74 Å². The summed E-state index contributed by atoms with van der Waals surface area (Å²) in [7, 11) is 0. The van der Waals surface area contributed by atoms with Crippen molar-refractivity contribution in [1.82, 2.24) is 4.90 Å². The Morgan fingerprint density at radius 1 is 1.10 bits per heavy atom. The summed E-state index contributed by atoms with van der Waals surface area (Å²) in [5.41, 5.74) is 2.31. The van der Waals surface area contributed by atoms with Crippen molar-refractivity contribution in [3.63, 3.8) is 0 Å². The Morgan fingerprint density at radius 3 is 2.56 bits per heavy atom. The van der Waals surface area contributed by atoms with Crippen LogP contribution < -0.4 is 15.0 Å². The fraction of sp³-hybridized carbons (Fsp3) is 0.207. The molecule has 0 bridgehead atoms. The van der Waals surface area contributed by atoms with Gasteiger partial charge in [0, 0.05) is 52.7 Å². The number of anilines is 2. The number of nitro benzene ring substituents is 1. The maximum absolute atomic E-state index is 13.2. The molecule has 1 saturated heterocycles. The average Bonchev–Trinajstić information content (AvgIpc) is 3.22. The van der Waals surface area contributed by atoms with Crippen LogP contribution in [0.1, 0.15) is 25.0 Å². The minimum atomic E-state index is -0.544. The molecule has 1 heterocycles. The summed E-state index contributed by atoms with van der Waals surface area (Å²) in [4.78, 5) is 52.6. The molecular weight excluding hydrogens is 612 g/mol. The van der Waals surface area contributed by atoms with Gasteiger partial charge in [-0.15, -0.1) is 0 Å². The number of halogens is 1. The number of nitrogens with zero attached hydrogens (tertiary/aromatic N) is 3. The highest BCUT2D eigenvalue weighted by molar-refractivity contribution is 9.10. The van der Waals surface area contributed by atoms with Gasteiger partial charge in [-0.05, 0) is 61.5 Å². The van der Waals surface area contributed by atoms with Crippen molar-refractivity contribution in [1.29, 1.82) is 0 Å². The first-order valence-corrected chi connectivity index (χ1v) is 14.4. The zero-order valence-corrected chi connectivity index (χ0v) is 24.7. The van der Waals surface area contributed by atoms with Crippen molar-refractivity contribution in [2.45, 2.75) is 20.4 Å². The number of hydrogen-bond donors (Lipinski definition) is 1. The molecule has 0 aromatic heterocycles. The molecule has 0 radical (unpaired) electrons. The van der Waals surface area contributed by atoms with Crippen molar-refractivity contribution in [2.24, 2.45) is 0 Å². The van der Waals surface area contributed by atoms with E-state index in [9.17, 15) is 24.5 Å². The second-order valence-electron chi connectivity index (χ2n) is 8.90. The van der Waals surface area contributed by atoms with Crippen LogP contribution in [0, 0.1) is 10.1 Å². The van der Waals surface area contributed by atoms with Crippen LogP contribution in [-0.2, 0) is 16.1 Å². The lowest BCUT2D eigenvalue weighted by atomic mass is 10.1. The summed E-state index contributed by atoms with van der Waals surface area (Å²) in [6, 6.07) is 18.4. The monoisotopic (exact) mass is 638 g/mol. The second kappa shape index (κ2) is 13.5. The number of carbonyl (C=O) groups is 3. The van der Waals surface area contributed by atoms with Crippen molar-refractivity contribution in [2.75, 3.05) is 29.9 Å². The third kappa shape index (κ3) is 7.33. The highest BCUT2D eigenvalue weighted by Crippen LogP contribution is 2.36. The van der Waals surface area contributed by atoms with E-state index in [0.717, 1.165) is 40.6 Å². The van der Waals surface area contributed by atoms with Crippen molar-refractivity contribution < 1.29 is 24.0 Å². The largest absolute Gasteiger partial charge is 0.483 e. The maximum Gasteiger partial charge on any atom is 0.293 e. The lowest BCUT2D eigenvalue weighted by molar-refractivity contribution is -0.384. The van der Waals surface area contributed by atoms with Gasteiger partial charge in [0.1, 0.15) is 5.75 Å². The van der Waals surface area contributed by atoms with Crippen molar-refractivity contribution >= 4 is 67.9 Å². The average molecular weight is 640 g/mol. The number of benzene rings is 3. The fourth-order valence-corrected chi connectivity index (χ4v) is 5.40. The molecule has 1 N–H and O–H groups in total. The van der Waals surface area contributed by atoms with E-state index in [0.29, 0.717) is 11.3 Å². The van der Waals surface area contributed by atoms with Crippen LogP contribution in [0.5, 0.6) is 5.75 Å². The molecule has 0 aliphatic carbocycles. The number of thioether (sulfide) groups is 1. The van der Waals surface area contributed by atoms with Gasteiger partial charge in [0.25, 0.3) is 22.7 Å². The number of nitro groups is 1. The maximum atomic E-state index is 13.2. The van der Waals surface area contributed by atoms with E-state index >= 15 is 0 Å². The summed E-state index contributed by atoms with van der Waals surface area (Å²) < 4.78 is 6.70. The lowest BCUT2D eigenvalue weighted by Gasteiger charge is -2.22. The van der Waals surface area contributed by atoms with Crippen molar-refractivity contribution in [3.05, 3.63) is 97.3 Å². The third-order valence-electron chi connectivity index (χ3n) is 6.27. The molecule has 3 amide bonds. The first kappa shape index (κ1) is 29.8. The molecule has 1 aliphatic rings. The molecule has 1 fully saturated rings. The molecule has 3 aromatic rings. The molecule has 4 rings (SSSR count). The molecule has 41 heavy (non-hydrogen) atoms. The van der Waals surface area contributed by atoms with Gasteiger partial charge in [0.2, 0.25) is 0 Å². The summed E-state index contributed by atoms with van der Waals surface area (Å²) in [6.45, 7) is 5.28. The predicted molar refractivity (Wildman–Crippen MR) is 163 cm³/mol. The first-order valence-electron chi connectivity index (χ1n) is 12.7. The zero-order valence-electron chi connectivity index (χ0n) is 22.3. The number of non-ortho nitro benzene ring substituents is 1. The normalized spacial score (nSPS) is 13.9. The molecule has 0 spiro atoms. The molecule has 212 valence electrons. The number of nitrogens with one attached hydrogen (secondary N) is 1. The van der Waals surface area contributed by atoms with Gasteiger partial charge < -0.3 is 15.0 Å². The second-order valence-corrected chi connectivity index (χ2v) is 10.7. The van der Waals surface area contributed by atoms with Crippen LogP contribution in [-0.4, -0.2) is 46.6 Å². The minimum absolute atomic E-state index is 0.130. The highest BCUT2D eigenvalue weighted by Gasteiger charge is 2.35. The van der Waals surface area contributed by atoms with E-state index in [1.165, 1.54) is 23.1 Å². The Morgan fingerprint density at radius 2 is 1.85 bits per heavy atom. The lowest BCUT2D eigenvalue weighted by Crippen LogP contribution is -2.27. The van der Waals surface area contributed by atoms with E-state index in [2.05, 4.69) is 26.1 Å². The Labute approximate surface area is 249 Å². The van der Waals surface area contributed by atoms with Crippen LogP contribution in [0.2, 0.25) is 0 Å². The Kier molecular flexibility index (Phi) is 9.79. The molecule has 10 nitrogen and oxygen atoms in total. The van der Waals surface area contributed by atoms with E-state index in [1.54, 1.807) is 24.3 Å². The van der Waals surface area contributed by atoms with Gasteiger partial charge in [-0.25, -0.2) is 0 Å². The van der Waals surface area contributed by atoms with Crippen LogP contribution in [0.25, 0.3) is 6.08 Å². The fourth-order valence-electron chi connectivity index (χ4n) is 4.16. The summed E-state index contributed by atoms with van der Waals surface area (Å²) in [5.74, 6) is -0.586. The molecule has 1 aliphatic heterocycles. The predicted octanol–water partition coefficient (Wildman–Crippen LogP) is 6.46. The standard InChI is InChI=1S/C29H27BrN4O6S/c1-3-32(4-2)22-13-12-19(14-26-28(36)33(29(37)41-26)17-20-8-5-6-11-24(20)30)25(16-22)40-18-27(35)31-21-9-7-10-23(15-21)34(38)39/h5-16H,3-4,17-18H2,1-2H3,(H,31,35)/b26-14-. The number of rotatable bonds is 11. The smallest absolute Gasteiger partial charge is 0.293 e. The van der Waals surface area contributed by atoms with E-state index < -0.39 is 16.7 Å². The molecule has 0 atom stereocenters. The van der Waals surface area contributed by atoms with Gasteiger partial charge in [-0.2, -0.15) is 0 Å². The number of ether oxygens (including phenoxy) is 1. The third-order valence-corrected chi connectivity index (χ3v) is 7.95. The summed E-state index contributed by atoms with van der Waals surface area (Å²) >= 11 is 4.30. The number of imide groups is 1. The van der Waals surface area contributed by atoms with Crippen LogP contribution >= 0.6 is 27.7 Å². The van der Waals surface area contributed by atoms with Crippen LogP contribution in [0.4, 0.5) is 21.9 Å². The molecule has 12 heteroatoms. The van der Waals surface area contributed by atoms with Gasteiger partial charge in [0.05, 0.1) is 16.4 Å². The quantitative estimate of drug-likeness (QED) is 0.144. The highest BCUT2D eigenvalue weighted by atomic mass is 79.9. The van der Waals surface area contributed by atoms with Crippen LogP contribution in [0.15, 0.2) is 76.1 Å². The van der Waals surface area contributed by atoms with E-state index in [1.807, 2.05) is 44.2 Å². The number of carbonyl (C=O) groups excluding carboxylic acids is 3. The first-order chi connectivity index (χ1) is 19.7. The number of hydrogen-bond acceptors (Lipinski definition) is 8. The van der Waals surface area contributed by atoms with Gasteiger partial charge in [-0.3, -0.25) is 29.4 Å². The SMILES string of the molecule is CCN(CC)c1ccc(/C=C2\SC(=O)N(Cc3ccccc3Br)C2=O)c(OCC(=O)Nc2cccc([N+](=O)[O-])c2)c1. The topological polar surface area (TPSA) is 122 Å². The van der Waals surface area contributed by atoms with E-state index in [-0.39, 0.29) is 34.7 Å². The van der Waals surface area contributed by atoms with Crippen molar-refractivity contribution in [3.8, 4) is 5.75 Å². The number of amides is 3. The zero-order chi connectivity index (χ0) is 29.5.